The molecule has 2 rings (SSSR count). The molecule has 0 bridgehead atoms. The summed E-state index contributed by atoms with van der Waals surface area (Å²) in [6.07, 6.45) is 6.10. The summed E-state index contributed by atoms with van der Waals surface area (Å²) in [5, 5.41) is 3.70. The molecule has 1 heteroatoms. The maximum Gasteiger partial charge on any atom is 0.0496 e. The maximum absolute atomic E-state index is 4.32. The predicted octanol–water partition coefficient (Wildman–Crippen LogP) is 8.10. The van der Waals surface area contributed by atoms with Crippen LogP contribution in [0.3, 0.4) is 0 Å². The molecule has 0 aromatic heterocycles. The third-order valence-electron chi connectivity index (χ3n) is 5.48. The van der Waals surface area contributed by atoms with Gasteiger partial charge in [0.25, 0.3) is 0 Å². The van der Waals surface area contributed by atoms with Gasteiger partial charge in [-0.1, -0.05) is 74.6 Å². The minimum atomic E-state index is 0.942. The van der Waals surface area contributed by atoms with Gasteiger partial charge in [0.15, 0.2) is 0 Å². The SMILES string of the molecule is C=C(/C=C\C(=C)/C(C)=C(/Nc1ccc(C)c(CC)c1)c1ccc(C)cc1C)CC. The largest absolute Gasteiger partial charge is 0.355 e. The molecule has 2 aromatic carbocycles. The van der Waals surface area contributed by atoms with Crippen LogP contribution in [0, 0.1) is 20.8 Å². The first-order valence-corrected chi connectivity index (χ1v) is 10.5. The van der Waals surface area contributed by atoms with E-state index in [1.165, 1.54) is 27.8 Å². The van der Waals surface area contributed by atoms with E-state index < -0.39 is 0 Å². The van der Waals surface area contributed by atoms with Gasteiger partial charge in [-0.05, 0) is 80.5 Å². The topological polar surface area (TPSA) is 12.0 Å². The third-order valence-corrected chi connectivity index (χ3v) is 5.48. The van der Waals surface area contributed by atoms with Gasteiger partial charge in [-0.15, -0.1) is 0 Å². The van der Waals surface area contributed by atoms with Crippen molar-refractivity contribution in [2.75, 3.05) is 5.32 Å². The number of nitrogens with one attached hydrogen (secondary N) is 1. The van der Waals surface area contributed by atoms with Crippen LogP contribution in [-0.4, -0.2) is 0 Å². The van der Waals surface area contributed by atoms with Crippen LogP contribution in [-0.2, 0) is 6.42 Å². The molecule has 0 aliphatic heterocycles. The number of rotatable bonds is 8. The van der Waals surface area contributed by atoms with E-state index in [4.69, 9.17) is 0 Å². The first-order valence-electron chi connectivity index (χ1n) is 10.5. The zero-order chi connectivity index (χ0) is 21.6. The highest BCUT2D eigenvalue weighted by atomic mass is 14.9. The molecule has 0 amide bonds. The normalized spacial score (nSPS) is 12.1. The molecule has 1 nitrogen and oxygen atoms in total. The fraction of sp³-hybridized carbons (Fsp3) is 0.286. The quantitative estimate of drug-likeness (QED) is 0.453. The molecular weight excluding hydrogens is 350 g/mol. The zero-order valence-electron chi connectivity index (χ0n) is 18.9. The zero-order valence-corrected chi connectivity index (χ0v) is 18.9. The highest BCUT2D eigenvalue weighted by Crippen LogP contribution is 2.29. The van der Waals surface area contributed by atoms with Crippen LogP contribution < -0.4 is 5.32 Å². The van der Waals surface area contributed by atoms with Crippen molar-refractivity contribution in [1.29, 1.82) is 0 Å². The van der Waals surface area contributed by atoms with Gasteiger partial charge in [0.1, 0.15) is 0 Å². The van der Waals surface area contributed by atoms with Crippen LogP contribution in [0.5, 0.6) is 0 Å². The highest BCUT2D eigenvalue weighted by molar-refractivity contribution is 5.83. The lowest BCUT2D eigenvalue weighted by molar-refractivity contribution is 1.11. The van der Waals surface area contributed by atoms with E-state index >= 15 is 0 Å². The van der Waals surface area contributed by atoms with Gasteiger partial charge in [-0.3, -0.25) is 0 Å². The maximum atomic E-state index is 4.32. The van der Waals surface area contributed by atoms with E-state index in [-0.39, 0.29) is 0 Å². The summed E-state index contributed by atoms with van der Waals surface area (Å²) in [7, 11) is 0. The van der Waals surface area contributed by atoms with Crippen LogP contribution in [0.1, 0.15) is 55.0 Å². The van der Waals surface area contributed by atoms with Gasteiger partial charge in [-0.2, -0.15) is 0 Å². The van der Waals surface area contributed by atoms with Gasteiger partial charge < -0.3 is 5.32 Å². The molecule has 0 aliphatic rings. The number of anilines is 1. The molecule has 0 fully saturated rings. The van der Waals surface area contributed by atoms with Crippen molar-refractivity contribution in [3.63, 3.8) is 0 Å². The Morgan fingerprint density at radius 1 is 0.931 bits per heavy atom. The molecule has 0 heterocycles. The van der Waals surface area contributed by atoms with Crippen LogP contribution in [0.15, 0.2) is 78.4 Å². The molecule has 0 unspecified atom stereocenters. The van der Waals surface area contributed by atoms with Gasteiger partial charge >= 0.3 is 0 Å². The summed E-state index contributed by atoms with van der Waals surface area (Å²) < 4.78 is 0. The minimum absolute atomic E-state index is 0.942. The predicted molar refractivity (Wildman–Crippen MR) is 130 cm³/mol. The monoisotopic (exact) mass is 385 g/mol. The Morgan fingerprint density at radius 2 is 1.66 bits per heavy atom. The summed E-state index contributed by atoms with van der Waals surface area (Å²) >= 11 is 0. The van der Waals surface area contributed by atoms with E-state index in [0.29, 0.717) is 0 Å². The smallest absolute Gasteiger partial charge is 0.0496 e. The molecule has 1 N–H and O–H groups in total. The number of aryl methyl sites for hydroxylation is 4. The van der Waals surface area contributed by atoms with Crippen molar-refractivity contribution >= 4 is 11.4 Å². The van der Waals surface area contributed by atoms with Crippen molar-refractivity contribution in [2.24, 2.45) is 0 Å². The Morgan fingerprint density at radius 3 is 2.28 bits per heavy atom. The number of benzene rings is 2. The summed E-state index contributed by atoms with van der Waals surface area (Å²) in [5.41, 5.74) is 11.9. The molecule has 0 saturated carbocycles. The standard InChI is InChI=1S/C28H35N/c1-9-19(3)11-13-21(5)24(8)28(27-16-12-20(4)17-23(27)7)29-26-15-14-22(6)25(10-2)18-26/h11-18,29H,3,5,9-10H2,1-2,4,6-8H3/b13-11-,28-24+. The fourth-order valence-corrected chi connectivity index (χ4v) is 3.35. The molecule has 0 spiro atoms. The summed E-state index contributed by atoms with van der Waals surface area (Å²) in [4.78, 5) is 0. The third kappa shape index (κ3) is 5.84. The molecule has 0 saturated heterocycles. The molecule has 0 atom stereocenters. The van der Waals surface area contributed by atoms with Gasteiger partial charge in [-0.25, -0.2) is 0 Å². The Labute approximate surface area is 177 Å². The summed E-state index contributed by atoms with van der Waals surface area (Å²) in [5.74, 6) is 0. The molecule has 0 aliphatic carbocycles. The van der Waals surface area contributed by atoms with E-state index in [0.717, 1.165) is 40.9 Å². The summed E-state index contributed by atoms with van der Waals surface area (Å²) in [6, 6.07) is 13.2. The lowest BCUT2D eigenvalue weighted by Crippen LogP contribution is -2.05. The second kappa shape index (κ2) is 10.1. The molecule has 152 valence electrons. The van der Waals surface area contributed by atoms with Crippen LogP contribution >= 0.6 is 0 Å². The number of allylic oxidation sites excluding steroid dienone is 5. The Hall–Kier alpha value is -2.80. The summed E-state index contributed by atoms with van der Waals surface area (Å²) in [6.45, 7) is 21.3. The average Bonchev–Trinajstić information content (AvgIpc) is 2.71. The Kier molecular flexibility index (Phi) is 7.84. The van der Waals surface area contributed by atoms with Crippen LogP contribution in [0.25, 0.3) is 5.70 Å². The molecular formula is C28H35N. The van der Waals surface area contributed by atoms with Crippen molar-refractivity contribution in [1.82, 2.24) is 0 Å². The lowest BCUT2D eigenvalue weighted by atomic mass is 9.96. The van der Waals surface area contributed by atoms with Crippen molar-refractivity contribution in [3.8, 4) is 0 Å². The van der Waals surface area contributed by atoms with Crippen LogP contribution in [0.2, 0.25) is 0 Å². The second-order valence-electron chi connectivity index (χ2n) is 7.81. The highest BCUT2D eigenvalue weighted by Gasteiger charge is 2.12. The first-order chi connectivity index (χ1) is 13.8. The molecule has 29 heavy (non-hydrogen) atoms. The number of hydrogen-bond acceptors (Lipinski definition) is 1. The van der Waals surface area contributed by atoms with Crippen LogP contribution in [0.4, 0.5) is 5.69 Å². The minimum Gasteiger partial charge on any atom is -0.355 e. The second-order valence-corrected chi connectivity index (χ2v) is 7.81. The first kappa shape index (κ1) is 22.5. The lowest BCUT2D eigenvalue weighted by Gasteiger charge is -2.19. The molecule has 0 radical (unpaired) electrons. The van der Waals surface area contributed by atoms with Crippen molar-refractivity contribution < 1.29 is 0 Å². The number of hydrogen-bond donors (Lipinski definition) is 1. The van der Waals surface area contributed by atoms with E-state index in [2.05, 4.69) is 109 Å². The van der Waals surface area contributed by atoms with Gasteiger partial charge in [0, 0.05) is 16.9 Å². The Balaban J connectivity index is 2.55. The van der Waals surface area contributed by atoms with E-state index in [1.54, 1.807) is 0 Å². The fourth-order valence-electron chi connectivity index (χ4n) is 3.35. The van der Waals surface area contributed by atoms with Gasteiger partial charge in [0.2, 0.25) is 0 Å². The van der Waals surface area contributed by atoms with Crippen molar-refractivity contribution in [3.05, 3.63) is 106 Å². The van der Waals surface area contributed by atoms with E-state index in [1.807, 2.05) is 0 Å². The average molecular weight is 386 g/mol. The van der Waals surface area contributed by atoms with Gasteiger partial charge in [0.05, 0.1) is 0 Å². The van der Waals surface area contributed by atoms with E-state index in [9.17, 15) is 0 Å². The van der Waals surface area contributed by atoms with Crippen molar-refractivity contribution in [2.45, 2.75) is 54.4 Å². The Bertz CT molecular complexity index is 970. The molecule has 2 aromatic rings.